The van der Waals surface area contributed by atoms with E-state index in [0.29, 0.717) is 18.0 Å². The number of nitrogens with zero attached hydrogens (tertiary/aromatic N) is 4. The molecule has 0 amide bonds. The van der Waals surface area contributed by atoms with Gasteiger partial charge in [0.15, 0.2) is 5.78 Å². The SMILES string of the molecule is CCOc1ccc(C(=O)Cn2nnc(-c3ccccc3)n2)cc1. The summed E-state index contributed by atoms with van der Waals surface area (Å²) in [5.74, 6) is 1.17. The second-order valence-corrected chi connectivity index (χ2v) is 4.89. The molecule has 0 saturated heterocycles. The van der Waals surface area contributed by atoms with Crippen molar-refractivity contribution in [3.8, 4) is 17.1 Å². The standard InChI is InChI=1S/C17H16N4O2/c1-2-23-15-10-8-13(9-11-15)16(22)12-21-19-17(18-20-21)14-6-4-3-5-7-14/h3-11H,2,12H2,1H3. The molecular formula is C17H16N4O2. The molecule has 0 aliphatic rings. The highest BCUT2D eigenvalue weighted by molar-refractivity contribution is 5.95. The summed E-state index contributed by atoms with van der Waals surface area (Å²) in [5.41, 5.74) is 1.46. The Hall–Kier alpha value is -3.02. The van der Waals surface area contributed by atoms with Gasteiger partial charge in [0.2, 0.25) is 5.82 Å². The van der Waals surface area contributed by atoms with E-state index < -0.39 is 0 Å². The quantitative estimate of drug-likeness (QED) is 0.655. The number of rotatable bonds is 6. The first-order chi connectivity index (χ1) is 11.3. The van der Waals surface area contributed by atoms with Crippen molar-refractivity contribution in [1.82, 2.24) is 20.2 Å². The lowest BCUT2D eigenvalue weighted by atomic mass is 10.1. The zero-order chi connectivity index (χ0) is 16.1. The maximum Gasteiger partial charge on any atom is 0.204 e. The first kappa shape index (κ1) is 14.9. The van der Waals surface area contributed by atoms with Crippen molar-refractivity contribution in [3.63, 3.8) is 0 Å². The fourth-order valence-corrected chi connectivity index (χ4v) is 2.14. The molecule has 0 N–H and O–H groups in total. The van der Waals surface area contributed by atoms with E-state index in [1.54, 1.807) is 24.3 Å². The average molecular weight is 308 g/mol. The molecule has 2 aromatic carbocycles. The zero-order valence-corrected chi connectivity index (χ0v) is 12.7. The summed E-state index contributed by atoms with van der Waals surface area (Å²) in [6.45, 7) is 2.56. The highest BCUT2D eigenvalue weighted by atomic mass is 16.5. The van der Waals surface area contributed by atoms with E-state index in [0.717, 1.165) is 11.3 Å². The van der Waals surface area contributed by atoms with Crippen LogP contribution < -0.4 is 4.74 Å². The van der Waals surface area contributed by atoms with E-state index >= 15 is 0 Å². The molecule has 6 nitrogen and oxygen atoms in total. The highest BCUT2D eigenvalue weighted by Crippen LogP contribution is 2.14. The van der Waals surface area contributed by atoms with Crippen LogP contribution in [0.15, 0.2) is 54.6 Å². The van der Waals surface area contributed by atoms with Crippen LogP contribution in [0.3, 0.4) is 0 Å². The Balaban J connectivity index is 1.69. The largest absolute Gasteiger partial charge is 0.494 e. The molecule has 0 atom stereocenters. The van der Waals surface area contributed by atoms with E-state index in [1.165, 1.54) is 4.80 Å². The van der Waals surface area contributed by atoms with Gasteiger partial charge in [-0.3, -0.25) is 4.79 Å². The molecule has 0 unspecified atom stereocenters. The van der Waals surface area contributed by atoms with Crippen LogP contribution in [-0.2, 0) is 6.54 Å². The first-order valence-corrected chi connectivity index (χ1v) is 7.35. The Kier molecular flexibility index (Phi) is 4.42. The van der Waals surface area contributed by atoms with Crippen LogP contribution in [0.1, 0.15) is 17.3 Å². The van der Waals surface area contributed by atoms with E-state index in [-0.39, 0.29) is 12.3 Å². The van der Waals surface area contributed by atoms with E-state index in [4.69, 9.17) is 4.74 Å². The molecule has 0 bridgehead atoms. The van der Waals surface area contributed by atoms with Gasteiger partial charge < -0.3 is 4.74 Å². The normalized spacial score (nSPS) is 10.5. The lowest BCUT2D eigenvalue weighted by Crippen LogP contribution is -2.13. The number of ether oxygens (including phenoxy) is 1. The second-order valence-electron chi connectivity index (χ2n) is 4.89. The molecule has 0 saturated carbocycles. The summed E-state index contributed by atoms with van der Waals surface area (Å²) < 4.78 is 5.36. The van der Waals surface area contributed by atoms with Gasteiger partial charge in [-0.05, 0) is 36.4 Å². The number of aromatic nitrogens is 4. The average Bonchev–Trinajstić information content (AvgIpc) is 3.05. The molecule has 1 heterocycles. The molecule has 0 aliphatic heterocycles. The van der Waals surface area contributed by atoms with Crippen LogP contribution in [0.2, 0.25) is 0 Å². The Labute approximate surface area is 133 Å². The molecule has 3 aromatic rings. The van der Waals surface area contributed by atoms with Crippen LogP contribution in [0.25, 0.3) is 11.4 Å². The third-order valence-corrected chi connectivity index (χ3v) is 3.26. The number of hydrogen-bond acceptors (Lipinski definition) is 5. The summed E-state index contributed by atoms with van der Waals surface area (Å²) in [6, 6.07) is 16.6. The van der Waals surface area contributed by atoms with Crippen LogP contribution >= 0.6 is 0 Å². The number of tetrazole rings is 1. The van der Waals surface area contributed by atoms with Gasteiger partial charge in [-0.15, -0.1) is 10.2 Å². The smallest absolute Gasteiger partial charge is 0.204 e. The second kappa shape index (κ2) is 6.83. The predicted octanol–water partition coefficient (Wildman–Crippen LogP) is 2.62. The van der Waals surface area contributed by atoms with Crippen LogP contribution in [0.4, 0.5) is 0 Å². The first-order valence-electron chi connectivity index (χ1n) is 7.35. The Bertz CT molecular complexity index is 782. The van der Waals surface area contributed by atoms with Crippen LogP contribution in [0.5, 0.6) is 5.75 Å². The minimum Gasteiger partial charge on any atom is -0.494 e. The van der Waals surface area contributed by atoms with Crippen molar-refractivity contribution in [2.24, 2.45) is 0 Å². The lowest BCUT2D eigenvalue weighted by Gasteiger charge is -2.04. The van der Waals surface area contributed by atoms with E-state index in [9.17, 15) is 4.79 Å². The molecule has 6 heteroatoms. The molecule has 0 radical (unpaired) electrons. The summed E-state index contributed by atoms with van der Waals surface area (Å²) >= 11 is 0. The van der Waals surface area contributed by atoms with Gasteiger partial charge in [-0.25, -0.2) is 0 Å². The summed E-state index contributed by atoms with van der Waals surface area (Å²) in [4.78, 5) is 13.6. The minimum absolute atomic E-state index is 0.0494. The number of carbonyl (C=O) groups excluding carboxylic acids is 1. The van der Waals surface area contributed by atoms with E-state index in [1.807, 2.05) is 37.3 Å². The Morgan fingerprint density at radius 3 is 2.52 bits per heavy atom. The van der Waals surface area contributed by atoms with Gasteiger partial charge in [-0.1, -0.05) is 30.3 Å². The number of benzene rings is 2. The van der Waals surface area contributed by atoms with Gasteiger partial charge >= 0.3 is 0 Å². The van der Waals surface area contributed by atoms with Crippen molar-refractivity contribution in [2.75, 3.05) is 6.61 Å². The zero-order valence-electron chi connectivity index (χ0n) is 12.7. The molecule has 3 rings (SSSR count). The Morgan fingerprint density at radius 1 is 1.09 bits per heavy atom. The van der Waals surface area contributed by atoms with E-state index in [2.05, 4.69) is 15.4 Å². The van der Waals surface area contributed by atoms with Crippen molar-refractivity contribution >= 4 is 5.78 Å². The van der Waals surface area contributed by atoms with Gasteiger partial charge in [0.1, 0.15) is 12.3 Å². The molecule has 0 fully saturated rings. The predicted molar refractivity (Wildman–Crippen MR) is 85.2 cm³/mol. The monoisotopic (exact) mass is 308 g/mol. The van der Waals surface area contributed by atoms with Crippen molar-refractivity contribution < 1.29 is 9.53 Å². The molecular weight excluding hydrogens is 292 g/mol. The number of ketones is 1. The third-order valence-electron chi connectivity index (χ3n) is 3.26. The molecule has 0 spiro atoms. The van der Waals surface area contributed by atoms with Crippen molar-refractivity contribution in [1.29, 1.82) is 0 Å². The maximum absolute atomic E-state index is 12.3. The number of carbonyl (C=O) groups is 1. The maximum atomic E-state index is 12.3. The van der Waals surface area contributed by atoms with Gasteiger partial charge in [0.05, 0.1) is 6.61 Å². The lowest BCUT2D eigenvalue weighted by molar-refractivity contribution is 0.0961. The van der Waals surface area contributed by atoms with Crippen molar-refractivity contribution in [3.05, 3.63) is 60.2 Å². The summed E-state index contributed by atoms with van der Waals surface area (Å²) in [7, 11) is 0. The number of Topliss-reactive ketones (excluding diaryl/α,β-unsaturated/α-hetero) is 1. The summed E-state index contributed by atoms with van der Waals surface area (Å²) in [6.07, 6.45) is 0. The van der Waals surface area contributed by atoms with Crippen molar-refractivity contribution in [2.45, 2.75) is 13.5 Å². The Morgan fingerprint density at radius 2 is 1.83 bits per heavy atom. The fraction of sp³-hybridized carbons (Fsp3) is 0.176. The highest BCUT2D eigenvalue weighted by Gasteiger charge is 2.11. The fourth-order valence-electron chi connectivity index (χ4n) is 2.14. The minimum atomic E-state index is -0.0786. The van der Waals surface area contributed by atoms with Crippen LogP contribution in [-0.4, -0.2) is 32.6 Å². The summed E-state index contributed by atoms with van der Waals surface area (Å²) in [5, 5.41) is 12.2. The van der Waals surface area contributed by atoms with Crippen LogP contribution in [0, 0.1) is 0 Å². The topological polar surface area (TPSA) is 69.9 Å². The molecule has 23 heavy (non-hydrogen) atoms. The van der Waals surface area contributed by atoms with Gasteiger partial charge in [0, 0.05) is 11.1 Å². The third kappa shape index (κ3) is 3.60. The van der Waals surface area contributed by atoms with Gasteiger partial charge in [-0.2, -0.15) is 4.80 Å². The number of hydrogen-bond donors (Lipinski definition) is 0. The van der Waals surface area contributed by atoms with Gasteiger partial charge in [0.25, 0.3) is 0 Å². The molecule has 1 aromatic heterocycles. The molecule has 116 valence electrons. The molecule has 0 aliphatic carbocycles.